The Morgan fingerprint density at radius 1 is 1.50 bits per heavy atom. The Bertz CT molecular complexity index is 413. The largest absolute Gasteiger partial charge is 0.494 e. The van der Waals surface area contributed by atoms with Gasteiger partial charge in [0, 0.05) is 4.47 Å². The third-order valence-corrected chi connectivity index (χ3v) is 3.77. The Labute approximate surface area is 105 Å². The summed E-state index contributed by atoms with van der Waals surface area (Å²) in [7, 11) is 0. The fraction of sp³-hybridized carbons (Fsp3) is 0.538. The number of hydrogen-bond acceptors (Lipinski definition) is 2. The van der Waals surface area contributed by atoms with E-state index in [0.717, 1.165) is 22.2 Å². The van der Waals surface area contributed by atoms with Gasteiger partial charge in [-0.05, 0) is 42.0 Å². The molecule has 0 aliphatic heterocycles. The van der Waals surface area contributed by atoms with Crippen molar-refractivity contribution >= 4 is 15.9 Å². The maximum Gasteiger partial charge on any atom is 0.120 e. The first kappa shape index (κ1) is 11.9. The summed E-state index contributed by atoms with van der Waals surface area (Å²) < 4.78 is 6.52. The maximum absolute atomic E-state index is 10.1. The van der Waals surface area contributed by atoms with Crippen molar-refractivity contribution in [3.05, 3.63) is 27.7 Å². The summed E-state index contributed by atoms with van der Waals surface area (Å²) in [6.07, 6.45) is 0.401. The van der Waals surface area contributed by atoms with Gasteiger partial charge in [-0.2, -0.15) is 0 Å². The van der Waals surface area contributed by atoms with Crippen molar-refractivity contribution in [2.24, 2.45) is 0 Å². The molecule has 0 bridgehead atoms. The predicted octanol–water partition coefficient (Wildman–Crippen LogP) is 3.56. The highest BCUT2D eigenvalue weighted by atomic mass is 79.9. The van der Waals surface area contributed by atoms with E-state index >= 15 is 0 Å². The van der Waals surface area contributed by atoms with Crippen LogP contribution < -0.4 is 4.74 Å². The Hall–Kier alpha value is -0.540. The van der Waals surface area contributed by atoms with Crippen molar-refractivity contribution in [2.45, 2.75) is 38.7 Å². The lowest BCUT2D eigenvalue weighted by atomic mass is 9.86. The van der Waals surface area contributed by atoms with E-state index in [0.29, 0.717) is 6.61 Å². The molecule has 0 heterocycles. The quantitative estimate of drug-likeness (QED) is 0.900. The van der Waals surface area contributed by atoms with E-state index in [4.69, 9.17) is 4.74 Å². The molecule has 1 aromatic rings. The molecule has 0 fully saturated rings. The Balaban J connectivity index is 2.53. The molecule has 1 aromatic carbocycles. The molecule has 0 spiro atoms. The number of benzene rings is 1. The highest BCUT2D eigenvalue weighted by molar-refractivity contribution is 9.10. The zero-order valence-corrected chi connectivity index (χ0v) is 11.5. The summed E-state index contributed by atoms with van der Waals surface area (Å²) in [4.78, 5) is 0. The summed E-state index contributed by atoms with van der Waals surface area (Å²) in [5.41, 5.74) is 2.24. The van der Waals surface area contributed by atoms with Crippen LogP contribution in [0.2, 0.25) is 0 Å². The minimum absolute atomic E-state index is 0.0261. The first-order valence-electron chi connectivity index (χ1n) is 5.60. The molecule has 3 heteroatoms. The van der Waals surface area contributed by atoms with Crippen LogP contribution in [-0.4, -0.2) is 11.7 Å². The maximum atomic E-state index is 10.1. The second-order valence-corrected chi connectivity index (χ2v) is 5.76. The van der Waals surface area contributed by atoms with Gasteiger partial charge in [0.2, 0.25) is 0 Å². The topological polar surface area (TPSA) is 29.5 Å². The van der Waals surface area contributed by atoms with Crippen LogP contribution in [0.15, 0.2) is 16.6 Å². The van der Waals surface area contributed by atoms with E-state index in [1.54, 1.807) is 0 Å². The Kier molecular flexibility index (Phi) is 3.01. The van der Waals surface area contributed by atoms with Crippen LogP contribution >= 0.6 is 15.9 Å². The summed E-state index contributed by atoms with van der Waals surface area (Å²) in [5, 5.41) is 10.1. The minimum Gasteiger partial charge on any atom is -0.494 e. The second kappa shape index (κ2) is 4.04. The smallest absolute Gasteiger partial charge is 0.120 e. The van der Waals surface area contributed by atoms with E-state index in [1.165, 1.54) is 5.56 Å². The number of halogens is 1. The molecule has 1 unspecified atom stereocenters. The number of fused-ring (bicyclic) bond motifs is 1. The molecule has 0 saturated heterocycles. The monoisotopic (exact) mass is 284 g/mol. The first-order chi connectivity index (χ1) is 7.45. The van der Waals surface area contributed by atoms with Gasteiger partial charge in [0.15, 0.2) is 0 Å². The lowest BCUT2D eigenvalue weighted by Gasteiger charge is -2.20. The van der Waals surface area contributed by atoms with Gasteiger partial charge in [-0.15, -0.1) is 0 Å². The molecular weight excluding hydrogens is 268 g/mol. The average Bonchev–Trinajstić information content (AvgIpc) is 2.37. The Morgan fingerprint density at radius 3 is 2.81 bits per heavy atom. The van der Waals surface area contributed by atoms with Gasteiger partial charge in [0.05, 0.1) is 12.7 Å². The molecule has 1 aliphatic carbocycles. The van der Waals surface area contributed by atoms with E-state index in [9.17, 15) is 5.11 Å². The molecule has 88 valence electrons. The van der Waals surface area contributed by atoms with Crippen molar-refractivity contribution in [1.82, 2.24) is 0 Å². The molecule has 0 radical (unpaired) electrons. The fourth-order valence-corrected chi connectivity index (χ4v) is 3.52. The van der Waals surface area contributed by atoms with Crippen LogP contribution in [0.1, 0.15) is 44.4 Å². The molecule has 1 aliphatic rings. The van der Waals surface area contributed by atoms with Crippen LogP contribution in [0.25, 0.3) is 0 Å². The molecule has 0 aromatic heterocycles. The molecule has 0 amide bonds. The highest BCUT2D eigenvalue weighted by Gasteiger charge is 2.38. The van der Waals surface area contributed by atoms with Gasteiger partial charge in [-0.25, -0.2) is 0 Å². The lowest BCUT2D eigenvalue weighted by Crippen LogP contribution is -2.13. The number of aliphatic hydroxyl groups excluding tert-OH is 1. The normalized spacial score (nSPS) is 21.9. The molecule has 0 saturated carbocycles. The van der Waals surface area contributed by atoms with Gasteiger partial charge in [-0.1, -0.05) is 29.8 Å². The van der Waals surface area contributed by atoms with Crippen LogP contribution in [0.4, 0.5) is 0 Å². The molecule has 1 N–H and O–H groups in total. The van der Waals surface area contributed by atoms with Crippen molar-refractivity contribution in [2.75, 3.05) is 6.61 Å². The van der Waals surface area contributed by atoms with Crippen LogP contribution in [0, 0.1) is 0 Å². The molecule has 2 nitrogen and oxygen atoms in total. The highest BCUT2D eigenvalue weighted by Crippen LogP contribution is 2.49. The summed E-state index contributed by atoms with van der Waals surface area (Å²) in [6, 6.07) is 3.95. The van der Waals surface area contributed by atoms with Gasteiger partial charge in [0.1, 0.15) is 5.75 Å². The molecule has 1 atom stereocenters. The van der Waals surface area contributed by atoms with Crippen LogP contribution in [0.3, 0.4) is 0 Å². The van der Waals surface area contributed by atoms with E-state index in [-0.39, 0.29) is 11.5 Å². The van der Waals surface area contributed by atoms with E-state index in [1.807, 2.05) is 19.1 Å². The lowest BCUT2D eigenvalue weighted by molar-refractivity contribution is 0.161. The van der Waals surface area contributed by atoms with Crippen molar-refractivity contribution in [3.8, 4) is 5.75 Å². The zero-order valence-electron chi connectivity index (χ0n) is 9.88. The van der Waals surface area contributed by atoms with Gasteiger partial charge < -0.3 is 9.84 Å². The van der Waals surface area contributed by atoms with Gasteiger partial charge in [-0.3, -0.25) is 0 Å². The number of ether oxygens (including phenoxy) is 1. The van der Waals surface area contributed by atoms with E-state index < -0.39 is 0 Å². The van der Waals surface area contributed by atoms with E-state index in [2.05, 4.69) is 29.8 Å². The predicted molar refractivity (Wildman–Crippen MR) is 67.9 cm³/mol. The molecule has 16 heavy (non-hydrogen) atoms. The minimum atomic E-state index is -0.373. The van der Waals surface area contributed by atoms with Crippen LogP contribution in [0.5, 0.6) is 5.75 Å². The first-order valence-corrected chi connectivity index (χ1v) is 6.40. The number of aliphatic hydroxyl groups is 1. The summed E-state index contributed by atoms with van der Waals surface area (Å²) in [5.74, 6) is 0.824. The van der Waals surface area contributed by atoms with Crippen molar-refractivity contribution in [3.63, 3.8) is 0 Å². The van der Waals surface area contributed by atoms with Crippen molar-refractivity contribution < 1.29 is 9.84 Å². The van der Waals surface area contributed by atoms with Crippen LogP contribution in [-0.2, 0) is 5.41 Å². The third-order valence-electron chi connectivity index (χ3n) is 3.14. The fourth-order valence-electron chi connectivity index (χ4n) is 2.52. The van der Waals surface area contributed by atoms with Crippen molar-refractivity contribution in [1.29, 1.82) is 0 Å². The SMILES string of the molecule is CCOc1cc(Br)c2c(c1)C(O)CC2(C)C. The summed E-state index contributed by atoms with van der Waals surface area (Å²) >= 11 is 3.58. The number of hydrogen-bond donors (Lipinski definition) is 1. The van der Waals surface area contributed by atoms with Gasteiger partial charge >= 0.3 is 0 Å². The van der Waals surface area contributed by atoms with Gasteiger partial charge in [0.25, 0.3) is 0 Å². The number of rotatable bonds is 2. The third kappa shape index (κ3) is 1.87. The standard InChI is InChI=1S/C13H17BrO2/c1-4-16-8-5-9-11(15)7-13(2,3)12(9)10(14)6-8/h5-6,11,15H,4,7H2,1-3H3. The molecular formula is C13H17BrO2. The molecule has 2 rings (SSSR count). The average molecular weight is 285 g/mol. The zero-order chi connectivity index (χ0) is 11.9. The Morgan fingerprint density at radius 2 is 2.19 bits per heavy atom. The summed E-state index contributed by atoms with van der Waals surface area (Å²) in [6.45, 7) is 6.92. The second-order valence-electron chi connectivity index (χ2n) is 4.91.